The van der Waals surface area contributed by atoms with E-state index in [2.05, 4.69) is 10.2 Å². The highest BCUT2D eigenvalue weighted by Crippen LogP contribution is 2.37. The number of nitrogens with zero attached hydrogens (tertiary/aromatic N) is 3. The fourth-order valence-electron chi connectivity index (χ4n) is 3.01. The second kappa shape index (κ2) is 8.08. The van der Waals surface area contributed by atoms with Gasteiger partial charge in [-0.1, -0.05) is 11.6 Å². The average molecular weight is 467 g/mol. The fourth-order valence-corrected chi connectivity index (χ4v) is 3.23. The van der Waals surface area contributed by atoms with Gasteiger partial charge >= 0.3 is 11.9 Å². The number of hydrogen-bond donors (Lipinski definition) is 1. The topological polar surface area (TPSA) is 95.1 Å². The molecule has 0 saturated carbocycles. The number of alkyl halides is 3. The molecule has 1 N–H and O–H groups in total. The predicted molar refractivity (Wildman–Crippen MR) is 108 cm³/mol. The second-order valence-electron chi connectivity index (χ2n) is 6.78. The molecule has 3 heterocycles. The third kappa shape index (κ3) is 4.19. The summed E-state index contributed by atoms with van der Waals surface area (Å²) in [7, 11) is 1.41. The molecule has 4 aromatic rings. The Morgan fingerprint density at radius 1 is 1.19 bits per heavy atom. The van der Waals surface area contributed by atoms with E-state index >= 15 is 0 Å². The van der Waals surface area contributed by atoms with Gasteiger partial charge in [0.05, 0.1) is 19.1 Å². The Bertz CT molecular complexity index is 1390. The van der Waals surface area contributed by atoms with Gasteiger partial charge in [-0.3, -0.25) is 9.36 Å². The number of rotatable bonds is 5. The molecule has 32 heavy (non-hydrogen) atoms. The van der Waals surface area contributed by atoms with Crippen molar-refractivity contribution in [1.82, 2.24) is 19.3 Å². The predicted octanol–water partition coefficient (Wildman–Crippen LogP) is 4.04. The number of pyridine rings is 1. The smallest absolute Gasteiger partial charge is 0.420 e. The van der Waals surface area contributed by atoms with E-state index < -0.39 is 28.7 Å². The Kier molecular flexibility index (Phi) is 5.43. The van der Waals surface area contributed by atoms with Gasteiger partial charge in [0.25, 0.3) is 5.56 Å². The third-order valence-corrected chi connectivity index (χ3v) is 4.87. The molecule has 0 aliphatic rings. The summed E-state index contributed by atoms with van der Waals surface area (Å²) < 4.78 is 53.4. The standard InChI is InChI=1S/C20H14ClF3N4O4/c1-27-16(25-26-19(27)30)9-28-4-2-15(20(22,23)24)17(18(28)29)32-14-7-12(6-13(21)8-14)11-3-5-31-10-11/h2-8,10H,9H2,1H3,(H,26,30). The molecule has 0 saturated heterocycles. The zero-order valence-corrected chi connectivity index (χ0v) is 17.1. The number of aromatic amines is 1. The van der Waals surface area contributed by atoms with Gasteiger partial charge < -0.3 is 13.7 Å². The molecule has 1 aromatic carbocycles. The van der Waals surface area contributed by atoms with Crippen LogP contribution in [-0.2, 0) is 19.8 Å². The largest absolute Gasteiger partial charge is 0.472 e. The summed E-state index contributed by atoms with van der Waals surface area (Å²) in [5.41, 5.74) is -1.68. The van der Waals surface area contributed by atoms with Crippen LogP contribution < -0.4 is 16.0 Å². The highest BCUT2D eigenvalue weighted by Gasteiger charge is 2.36. The van der Waals surface area contributed by atoms with Crippen molar-refractivity contribution in [3.63, 3.8) is 0 Å². The van der Waals surface area contributed by atoms with Gasteiger partial charge in [0.2, 0.25) is 5.75 Å². The minimum absolute atomic E-state index is 0.0683. The average Bonchev–Trinajstić information content (AvgIpc) is 3.36. The van der Waals surface area contributed by atoms with Crippen LogP contribution in [-0.4, -0.2) is 19.3 Å². The van der Waals surface area contributed by atoms with Crippen LogP contribution in [0.25, 0.3) is 11.1 Å². The number of ether oxygens (including phenoxy) is 1. The van der Waals surface area contributed by atoms with Gasteiger partial charge in [-0.05, 0) is 35.9 Å². The Morgan fingerprint density at radius 2 is 1.97 bits per heavy atom. The zero-order valence-electron chi connectivity index (χ0n) is 16.3. The summed E-state index contributed by atoms with van der Waals surface area (Å²) in [6.45, 7) is -0.252. The number of H-pyrrole nitrogens is 1. The molecular weight excluding hydrogens is 453 g/mol. The molecule has 8 nitrogen and oxygen atoms in total. The third-order valence-electron chi connectivity index (χ3n) is 4.66. The van der Waals surface area contributed by atoms with E-state index in [1.165, 1.54) is 31.7 Å². The first-order valence-corrected chi connectivity index (χ1v) is 9.43. The van der Waals surface area contributed by atoms with Crippen LogP contribution in [0.1, 0.15) is 11.4 Å². The Labute approximate surface area is 182 Å². The molecule has 4 rings (SSSR count). The van der Waals surface area contributed by atoms with Gasteiger partial charge in [0, 0.05) is 23.8 Å². The van der Waals surface area contributed by atoms with E-state index in [0.29, 0.717) is 11.1 Å². The van der Waals surface area contributed by atoms with Gasteiger partial charge in [-0.15, -0.1) is 0 Å². The van der Waals surface area contributed by atoms with E-state index in [0.717, 1.165) is 21.4 Å². The maximum Gasteiger partial charge on any atom is 0.420 e. The van der Waals surface area contributed by atoms with Crippen LogP contribution in [0.5, 0.6) is 11.5 Å². The molecule has 3 aromatic heterocycles. The number of nitrogens with one attached hydrogen (secondary N) is 1. The first kappa shape index (κ1) is 21.5. The van der Waals surface area contributed by atoms with Crippen molar-refractivity contribution in [2.24, 2.45) is 7.05 Å². The molecule has 0 aliphatic heterocycles. The van der Waals surface area contributed by atoms with Crippen molar-refractivity contribution in [3.8, 4) is 22.6 Å². The van der Waals surface area contributed by atoms with Gasteiger partial charge in [0.15, 0.2) is 5.82 Å². The van der Waals surface area contributed by atoms with Crippen molar-refractivity contribution in [3.05, 3.63) is 86.3 Å². The quantitative estimate of drug-likeness (QED) is 0.479. The number of aromatic nitrogens is 4. The lowest BCUT2D eigenvalue weighted by molar-refractivity contribution is -0.138. The zero-order chi connectivity index (χ0) is 23.0. The van der Waals surface area contributed by atoms with Crippen LogP contribution in [0.2, 0.25) is 5.02 Å². The Hall–Kier alpha value is -3.73. The first-order valence-electron chi connectivity index (χ1n) is 9.05. The van der Waals surface area contributed by atoms with Crippen molar-refractivity contribution >= 4 is 11.6 Å². The summed E-state index contributed by atoms with van der Waals surface area (Å²) in [4.78, 5) is 24.5. The molecule has 0 radical (unpaired) electrons. The molecule has 0 bridgehead atoms. The maximum atomic E-state index is 13.6. The summed E-state index contributed by atoms with van der Waals surface area (Å²) in [6, 6.07) is 6.67. The van der Waals surface area contributed by atoms with E-state index in [1.807, 2.05) is 0 Å². The van der Waals surface area contributed by atoms with Gasteiger partial charge in [-0.25, -0.2) is 9.89 Å². The van der Waals surface area contributed by atoms with Crippen LogP contribution in [0, 0.1) is 0 Å². The molecular formula is C20H14ClF3N4O4. The number of halogens is 4. The summed E-state index contributed by atoms with van der Waals surface area (Å²) in [6.07, 6.45) is -1.03. The molecule has 12 heteroatoms. The Balaban J connectivity index is 1.79. The monoisotopic (exact) mass is 466 g/mol. The van der Waals surface area contributed by atoms with E-state index in [-0.39, 0.29) is 23.1 Å². The maximum absolute atomic E-state index is 13.6. The molecule has 0 spiro atoms. The molecule has 0 atom stereocenters. The normalized spacial score (nSPS) is 11.7. The minimum Gasteiger partial charge on any atom is -0.472 e. The van der Waals surface area contributed by atoms with Crippen molar-refractivity contribution < 1.29 is 22.3 Å². The number of benzene rings is 1. The van der Waals surface area contributed by atoms with Gasteiger partial charge in [0.1, 0.15) is 11.3 Å². The van der Waals surface area contributed by atoms with Crippen LogP contribution in [0.15, 0.2) is 63.1 Å². The molecule has 0 unspecified atom stereocenters. The summed E-state index contributed by atoms with van der Waals surface area (Å²) >= 11 is 6.10. The van der Waals surface area contributed by atoms with E-state index in [1.54, 1.807) is 12.1 Å². The lowest BCUT2D eigenvalue weighted by Gasteiger charge is -2.16. The van der Waals surface area contributed by atoms with E-state index in [9.17, 15) is 22.8 Å². The summed E-state index contributed by atoms with van der Waals surface area (Å²) in [5.74, 6) is -0.852. The highest BCUT2D eigenvalue weighted by molar-refractivity contribution is 6.31. The van der Waals surface area contributed by atoms with Crippen molar-refractivity contribution in [2.45, 2.75) is 12.7 Å². The second-order valence-corrected chi connectivity index (χ2v) is 7.22. The molecule has 0 aliphatic carbocycles. The highest BCUT2D eigenvalue weighted by atomic mass is 35.5. The molecule has 0 fully saturated rings. The minimum atomic E-state index is -4.85. The van der Waals surface area contributed by atoms with E-state index in [4.69, 9.17) is 20.8 Å². The lowest BCUT2D eigenvalue weighted by atomic mass is 10.1. The number of hydrogen-bond acceptors (Lipinski definition) is 5. The fraction of sp³-hybridized carbons (Fsp3) is 0.150. The van der Waals surface area contributed by atoms with Gasteiger partial charge in [-0.2, -0.15) is 18.3 Å². The molecule has 0 amide bonds. The summed E-state index contributed by atoms with van der Waals surface area (Å²) in [5, 5.41) is 6.16. The van der Waals surface area contributed by atoms with Crippen molar-refractivity contribution in [2.75, 3.05) is 0 Å². The SMILES string of the molecule is Cn1c(Cn2ccc(C(F)(F)F)c(Oc3cc(Cl)cc(-c4ccoc4)c3)c2=O)n[nH]c1=O. The Morgan fingerprint density at radius 3 is 2.59 bits per heavy atom. The number of furan rings is 1. The molecule has 166 valence electrons. The first-order chi connectivity index (χ1) is 15.1. The van der Waals surface area contributed by atoms with Crippen LogP contribution in [0.3, 0.4) is 0 Å². The van der Waals surface area contributed by atoms with Crippen LogP contribution >= 0.6 is 11.6 Å². The van der Waals surface area contributed by atoms with Crippen LogP contribution in [0.4, 0.5) is 13.2 Å². The van der Waals surface area contributed by atoms with Crippen molar-refractivity contribution in [1.29, 1.82) is 0 Å². The lowest BCUT2D eigenvalue weighted by Crippen LogP contribution is -2.26.